The zero-order valence-electron chi connectivity index (χ0n) is 16.5. The number of ether oxygens (including phenoxy) is 1. The third kappa shape index (κ3) is 5.25. The van der Waals surface area contributed by atoms with E-state index in [0.29, 0.717) is 12.1 Å². The third-order valence-electron chi connectivity index (χ3n) is 4.41. The van der Waals surface area contributed by atoms with Crippen LogP contribution in [-0.4, -0.2) is 16.1 Å². The van der Waals surface area contributed by atoms with Crippen LogP contribution in [0, 0.1) is 17.5 Å². The van der Waals surface area contributed by atoms with E-state index in [1.165, 1.54) is 0 Å². The summed E-state index contributed by atoms with van der Waals surface area (Å²) in [5.41, 5.74) is -2.41. The van der Waals surface area contributed by atoms with Crippen molar-refractivity contribution in [1.82, 2.24) is 4.98 Å². The summed E-state index contributed by atoms with van der Waals surface area (Å²) in [4.78, 5) is 15.3. The lowest BCUT2D eigenvalue weighted by atomic mass is 10.0. The summed E-state index contributed by atoms with van der Waals surface area (Å²) in [6.45, 7) is 3.44. The molecule has 0 radical (unpaired) electrons. The van der Waals surface area contributed by atoms with Gasteiger partial charge in [-0.2, -0.15) is 13.2 Å². The summed E-state index contributed by atoms with van der Waals surface area (Å²) < 4.78 is 86.1. The Balaban J connectivity index is 1.96. The number of nitrogens with zero attached hydrogens (tertiary/aromatic N) is 1. The fourth-order valence-electron chi connectivity index (χ4n) is 2.96. The molecule has 0 bridgehead atoms. The summed E-state index contributed by atoms with van der Waals surface area (Å²) >= 11 is 0. The molecule has 3 rings (SSSR count). The molecule has 0 aliphatic heterocycles. The highest BCUT2D eigenvalue weighted by Gasteiger charge is 2.35. The number of anilines is 1. The topological polar surface area (TPSA) is 71.5 Å². The van der Waals surface area contributed by atoms with Gasteiger partial charge in [-0.3, -0.25) is 0 Å². The Morgan fingerprint density at radius 1 is 1.12 bits per heavy atom. The molecule has 0 spiro atoms. The number of carboxylic acids is 1. The number of hydrogen-bond acceptors (Lipinski definition) is 4. The molecule has 0 saturated heterocycles. The number of rotatable bonds is 7. The standard InChI is InChI=1S/C22H14F6N2O3/c1-2-17(19-15(24)8-11(23)9-16(19)25)30-18-6-5-12(10-13(18)21(31)32)33-20-14(22(26,27)28)4-3-7-29-20/h2-10,17,30H,1H2,(H,31,32)/t17-/m1/s1. The normalized spacial score (nSPS) is 12.2. The Bertz CT molecular complexity index is 1190. The summed E-state index contributed by atoms with van der Waals surface area (Å²) in [7, 11) is 0. The molecule has 1 heterocycles. The van der Waals surface area contributed by atoms with E-state index >= 15 is 0 Å². The van der Waals surface area contributed by atoms with Crippen LogP contribution in [0.2, 0.25) is 0 Å². The van der Waals surface area contributed by atoms with E-state index in [9.17, 15) is 36.2 Å². The summed E-state index contributed by atoms with van der Waals surface area (Å²) in [5, 5.41) is 12.1. The number of hydrogen-bond donors (Lipinski definition) is 2. The second kappa shape index (κ2) is 9.23. The van der Waals surface area contributed by atoms with Crippen molar-refractivity contribution in [1.29, 1.82) is 0 Å². The van der Waals surface area contributed by atoms with Crippen LogP contribution in [0.25, 0.3) is 0 Å². The minimum absolute atomic E-state index is 0.153. The van der Waals surface area contributed by atoms with Gasteiger partial charge in [0.1, 0.15) is 28.8 Å². The third-order valence-corrected chi connectivity index (χ3v) is 4.41. The largest absolute Gasteiger partial charge is 0.478 e. The number of benzene rings is 2. The van der Waals surface area contributed by atoms with E-state index in [0.717, 1.165) is 42.6 Å². The van der Waals surface area contributed by atoms with Crippen LogP contribution in [0.1, 0.15) is 27.5 Å². The first-order valence-electron chi connectivity index (χ1n) is 9.12. The molecule has 5 nitrogen and oxygen atoms in total. The smallest absolute Gasteiger partial charge is 0.421 e. The number of carbonyl (C=O) groups is 1. The summed E-state index contributed by atoms with van der Waals surface area (Å²) in [6, 6.07) is 4.60. The lowest BCUT2D eigenvalue weighted by molar-refractivity contribution is -0.138. The van der Waals surface area contributed by atoms with Gasteiger partial charge in [-0.15, -0.1) is 6.58 Å². The molecule has 0 aliphatic carbocycles. The lowest BCUT2D eigenvalue weighted by Gasteiger charge is -2.20. The van der Waals surface area contributed by atoms with Gasteiger partial charge in [0.05, 0.1) is 11.6 Å². The Hall–Kier alpha value is -4.02. The quantitative estimate of drug-likeness (QED) is 0.313. The molecule has 3 aromatic rings. The predicted molar refractivity (Wildman–Crippen MR) is 106 cm³/mol. The Labute approximate surface area is 183 Å². The molecule has 0 amide bonds. The van der Waals surface area contributed by atoms with E-state index in [2.05, 4.69) is 16.9 Å². The Morgan fingerprint density at radius 3 is 2.36 bits per heavy atom. The Morgan fingerprint density at radius 2 is 1.79 bits per heavy atom. The van der Waals surface area contributed by atoms with E-state index < -0.39 is 58.2 Å². The van der Waals surface area contributed by atoms with Crippen LogP contribution in [0.3, 0.4) is 0 Å². The molecule has 0 unspecified atom stereocenters. The highest BCUT2D eigenvalue weighted by Crippen LogP contribution is 2.37. The van der Waals surface area contributed by atoms with Crippen LogP contribution in [-0.2, 0) is 6.18 Å². The van der Waals surface area contributed by atoms with Crippen molar-refractivity contribution < 1.29 is 41.0 Å². The zero-order chi connectivity index (χ0) is 24.3. The van der Waals surface area contributed by atoms with Gasteiger partial charge in [0.2, 0.25) is 5.88 Å². The average molecular weight is 468 g/mol. The molecule has 172 valence electrons. The van der Waals surface area contributed by atoms with Crippen LogP contribution in [0.15, 0.2) is 61.3 Å². The summed E-state index contributed by atoms with van der Waals surface area (Å²) in [6.07, 6.45) is -2.63. The number of nitrogens with one attached hydrogen (secondary N) is 1. The van der Waals surface area contributed by atoms with Crippen molar-refractivity contribution in [2.75, 3.05) is 5.32 Å². The monoisotopic (exact) mass is 468 g/mol. The molecule has 33 heavy (non-hydrogen) atoms. The molecule has 0 aliphatic rings. The first kappa shape index (κ1) is 23.6. The number of pyridine rings is 1. The molecule has 0 saturated carbocycles. The zero-order valence-corrected chi connectivity index (χ0v) is 16.5. The first-order chi connectivity index (χ1) is 15.5. The summed E-state index contributed by atoms with van der Waals surface area (Å²) in [5.74, 6) is -6.18. The van der Waals surface area contributed by atoms with Crippen molar-refractivity contribution >= 4 is 11.7 Å². The lowest BCUT2D eigenvalue weighted by Crippen LogP contribution is -2.15. The number of aromatic nitrogens is 1. The SMILES string of the molecule is C=C[C@@H](Nc1ccc(Oc2ncccc2C(F)(F)F)cc1C(=O)O)c1c(F)cc(F)cc1F. The second-order valence-corrected chi connectivity index (χ2v) is 6.61. The first-order valence-corrected chi connectivity index (χ1v) is 9.12. The highest BCUT2D eigenvalue weighted by molar-refractivity contribution is 5.95. The molecule has 2 aromatic carbocycles. The molecular formula is C22H14F6N2O3. The maximum atomic E-state index is 14.1. The molecular weight excluding hydrogens is 454 g/mol. The maximum absolute atomic E-state index is 14.1. The van der Waals surface area contributed by atoms with Gasteiger partial charge in [0.25, 0.3) is 0 Å². The van der Waals surface area contributed by atoms with Crippen LogP contribution in [0.5, 0.6) is 11.6 Å². The van der Waals surface area contributed by atoms with Gasteiger partial charge in [0.15, 0.2) is 0 Å². The van der Waals surface area contributed by atoms with E-state index in [4.69, 9.17) is 4.74 Å². The van der Waals surface area contributed by atoms with Crippen LogP contribution in [0.4, 0.5) is 32.0 Å². The van der Waals surface area contributed by atoms with Gasteiger partial charge in [-0.05, 0) is 30.3 Å². The number of carboxylic acid groups (broad SMARTS) is 1. The van der Waals surface area contributed by atoms with Crippen molar-refractivity contribution in [2.24, 2.45) is 0 Å². The van der Waals surface area contributed by atoms with Crippen molar-refractivity contribution in [3.63, 3.8) is 0 Å². The number of aromatic carboxylic acids is 1. The van der Waals surface area contributed by atoms with Gasteiger partial charge in [-0.1, -0.05) is 6.08 Å². The van der Waals surface area contributed by atoms with Crippen molar-refractivity contribution in [3.05, 3.63) is 95.5 Å². The molecule has 2 N–H and O–H groups in total. The van der Waals surface area contributed by atoms with E-state index in [1.807, 2.05) is 0 Å². The second-order valence-electron chi connectivity index (χ2n) is 6.61. The minimum atomic E-state index is -4.76. The molecule has 1 aromatic heterocycles. The highest BCUT2D eigenvalue weighted by atomic mass is 19.4. The fourth-order valence-corrected chi connectivity index (χ4v) is 2.96. The average Bonchev–Trinajstić information content (AvgIpc) is 2.72. The van der Waals surface area contributed by atoms with E-state index in [-0.39, 0.29) is 11.4 Å². The van der Waals surface area contributed by atoms with Gasteiger partial charge >= 0.3 is 12.1 Å². The maximum Gasteiger partial charge on any atom is 0.421 e. The van der Waals surface area contributed by atoms with Gasteiger partial charge < -0.3 is 15.2 Å². The van der Waals surface area contributed by atoms with Crippen LogP contribution < -0.4 is 10.1 Å². The molecule has 0 fully saturated rings. The van der Waals surface area contributed by atoms with Crippen LogP contribution >= 0.6 is 0 Å². The van der Waals surface area contributed by atoms with Crippen molar-refractivity contribution in [2.45, 2.75) is 12.2 Å². The fraction of sp³-hybridized carbons (Fsp3) is 0.0909. The van der Waals surface area contributed by atoms with Gasteiger partial charge in [0, 0.05) is 29.6 Å². The minimum Gasteiger partial charge on any atom is -0.478 e. The molecule has 11 heteroatoms. The number of halogens is 6. The van der Waals surface area contributed by atoms with Gasteiger partial charge in [-0.25, -0.2) is 22.9 Å². The predicted octanol–water partition coefficient (Wildman–Crippen LogP) is 6.35. The molecule has 1 atom stereocenters. The van der Waals surface area contributed by atoms with E-state index in [1.54, 1.807) is 0 Å². The Kier molecular flexibility index (Phi) is 6.61. The number of alkyl halides is 3. The van der Waals surface area contributed by atoms with Crippen molar-refractivity contribution in [3.8, 4) is 11.6 Å².